The first kappa shape index (κ1) is 12.6. The average molecular weight is 306 g/mol. The molecule has 18 heavy (non-hydrogen) atoms. The molecule has 90 valence electrons. The first-order chi connectivity index (χ1) is 8.60. The van der Waals surface area contributed by atoms with E-state index in [1.165, 1.54) is 6.07 Å². The van der Waals surface area contributed by atoms with Crippen LogP contribution in [0.25, 0.3) is 0 Å². The number of aryl methyl sites for hydroxylation is 1. The van der Waals surface area contributed by atoms with Crippen LogP contribution in [0.4, 0.5) is 4.39 Å². The molecule has 0 unspecified atom stereocenters. The molecule has 0 aliphatic rings. The molecule has 0 fully saturated rings. The third-order valence-corrected chi connectivity index (χ3v) is 2.93. The minimum Gasteiger partial charge on any atom is -0.456 e. The summed E-state index contributed by atoms with van der Waals surface area (Å²) in [4.78, 5) is 0. The van der Waals surface area contributed by atoms with E-state index in [9.17, 15) is 4.39 Å². The maximum absolute atomic E-state index is 13.4. The van der Waals surface area contributed by atoms with Crippen molar-refractivity contribution >= 4 is 15.9 Å². The van der Waals surface area contributed by atoms with Crippen LogP contribution in [0.2, 0.25) is 0 Å². The molecule has 2 aromatic carbocycles. The fourth-order valence-corrected chi connectivity index (χ4v) is 1.80. The standard InChI is InChI=1S/C14H9BrFNO/c1-9-2-4-12(7-13(9)16)18-14-5-3-11(15)6-10(14)8-17/h2-7H,1H3. The summed E-state index contributed by atoms with van der Waals surface area (Å²) in [6, 6.07) is 11.7. The molecule has 0 N–H and O–H groups in total. The quantitative estimate of drug-likeness (QED) is 0.815. The number of hydrogen-bond acceptors (Lipinski definition) is 2. The van der Waals surface area contributed by atoms with Crippen LogP contribution in [-0.2, 0) is 0 Å². The fraction of sp³-hybridized carbons (Fsp3) is 0.0714. The third kappa shape index (κ3) is 2.69. The van der Waals surface area contributed by atoms with Crippen molar-refractivity contribution in [1.82, 2.24) is 0 Å². The minimum atomic E-state index is -0.330. The molecule has 2 aromatic rings. The zero-order valence-electron chi connectivity index (χ0n) is 9.58. The Morgan fingerprint density at radius 2 is 2.00 bits per heavy atom. The normalized spacial score (nSPS) is 9.89. The van der Waals surface area contributed by atoms with Gasteiger partial charge in [-0.1, -0.05) is 22.0 Å². The highest BCUT2D eigenvalue weighted by Crippen LogP contribution is 2.28. The summed E-state index contributed by atoms with van der Waals surface area (Å²) in [5.41, 5.74) is 0.948. The molecule has 0 saturated carbocycles. The van der Waals surface area contributed by atoms with Crippen molar-refractivity contribution in [2.24, 2.45) is 0 Å². The van der Waals surface area contributed by atoms with Gasteiger partial charge in [-0.2, -0.15) is 5.26 Å². The van der Waals surface area contributed by atoms with Gasteiger partial charge in [-0.05, 0) is 36.8 Å². The number of rotatable bonds is 2. The Morgan fingerprint density at radius 1 is 1.22 bits per heavy atom. The van der Waals surface area contributed by atoms with E-state index in [1.54, 1.807) is 37.3 Å². The maximum atomic E-state index is 13.4. The van der Waals surface area contributed by atoms with Gasteiger partial charge in [0.1, 0.15) is 23.4 Å². The van der Waals surface area contributed by atoms with Gasteiger partial charge < -0.3 is 4.74 Å². The summed E-state index contributed by atoms with van der Waals surface area (Å²) >= 11 is 3.28. The first-order valence-corrected chi connectivity index (χ1v) is 6.03. The number of nitrogens with zero attached hydrogens (tertiary/aromatic N) is 1. The predicted octanol–water partition coefficient (Wildman–Crippen LogP) is 4.56. The Morgan fingerprint density at radius 3 is 2.67 bits per heavy atom. The highest BCUT2D eigenvalue weighted by molar-refractivity contribution is 9.10. The summed E-state index contributed by atoms with van der Waals surface area (Å²) in [6.45, 7) is 1.68. The predicted molar refractivity (Wildman–Crippen MR) is 70.1 cm³/mol. The lowest BCUT2D eigenvalue weighted by Gasteiger charge is -2.08. The molecule has 0 aromatic heterocycles. The molecular weight excluding hydrogens is 297 g/mol. The van der Waals surface area contributed by atoms with E-state index in [2.05, 4.69) is 15.9 Å². The first-order valence-electron chi connectivity index (χ1n) is 5.24. The van der Waals surface area contributed by atoms with E-state index in [0.29, 0.717) is 22.6 Å². The van der Waals surface area contributed by atoms with Gasteiger partial charge in [-0.15, -0.1) is 0 Å². The Labute approximate surface area is 113 Å². The lowest BCUT2D eigenvalue weighted by atomic mass is 10.2. The van der Waals surface area contributed by atoms with Crippen molar-refractivity contribution < 1.29 is 9.13 Å². The van der Waals surface area contributed by atoms with E-state index >= 15 is 0 Å². The zero-order chi connectivity index (χ0) is 13.1. The summed E-state index contributed by atoms with van der Waals surface area (Å²) in [5.74, 6) is 0.448. The van der Waals surface area contributed by atoms with Gasteiger partial charge in [0.05, 0.1) is 5.56 Å². The molecule has 0 atom stereocenters. The summed E-state index contributed by atoms with van der Waals surface area (Å²) in [6.07, 6.45) is 0. The fourth-order valence-electron chi connectivity index (χ4n) is 1.44. The Balaban J connectivity index is 2.34. The molecule has 0 spiro atoms. The van der Waals surface area contributed by atoms with Crippen molar-refractivity contribution in [2.45, 2.75) is 6.92 Å². The van der Waals surface area contributed by atoms with Gasteiger partial charge in [0.2, 0.25) is 0 Å². The zero-order valence-corrected chi connectivity index (χ0v) is 11.2. The Kier molecular flexibility index (Phi) is 3.63. The number of halogens is 2. The second kappa shape index (κ2) is 5.19. The van der Waals surface area contributed by atoms with E-state index in [-0.39, 0.29) is 5.82 Å². The average Bonchev–Trinajstić information content (AvgIpc) is 2.36. The summed E-state index contributed by atoms with van der Waals surface area (Å²) < 4.78 is 19.7. The second-order valence-electron chi connectivity index (χ2n) is 3.77. The topological polar surface area (TPSA) is 33.0 Å². The van der Waals surface area contributed by atoms with Crippen LogP contribution in [0.5, 0.6) is 11.5 Å². The molecule has 2 rings (SSSR count). The number of nitriles is 1. The van der Waals surface area contributed by atoms with E-state index < -0.39 is 0 Å². The Bertz CT molecular complexity index is 634. The van der Waals surface area contributed by atoms with E-state index in [4.69, 9.17) is 10.00 Å². The third-order valence-electron chi connectivity index (χ3n) is 2.43. The lowest BCUT2D eigenvalue weighted by Crippen LogP contribution is -1.90. The smallest absolute Gasteiger partial charge is 0.145 e. The van der Waals surface area contributed by atoms with Gasteiger partial charge in [0.25, 0.3) is 0 Å². The number of benzene rings is 2. The van der Waals surface area contributed by atoms with Crippen molar-refractivity contribution in [3.05, 3.63) is 57.8 Å². The molecule has 0 radical (unpaired) electrons. The summed E-state index contributed by atoms with van der Waals surface area (Å²) in [5, 5.41) is 8.99. The van der Waals surface area contributed by atoms with Crippen molar-refractivity contribution in [3.8, 4) is 17.6 Å². The number of hydrogen-bond donors (Lipinski definition) is 0. The van der Waals surface area contributed by atoms with Crippen LogP contribution in [0.15, 0.2) is 40.9 Å². The van der Waals surface area contributed by atoms with Crippen LogP contribution in [0.1, 0.15) is 11.1 Å². The van der Waals surface area contributed by atoms with E-state index in [0.717, 1.165) is 4.47 Å². The molecule has 0 aliphatic heterocycles. The Hall–Kier alpha value is -1.86. The van der Waals surface area contributed by atoms with Gasteiger partial charge in [-0.25, -0.2) is 4.39 Å². The van der Waals surface area contributed by atoms with Crippen LogP contribution in [0.3, 0.4) is 0 Å². The van der Waals surface area contributed by atoms with Crippen molar-refractivity contribution in [3.63, 3.8) is 0 Å². The lowest BCUT2D eigenvalue weighted by molar-refractivity contribution is 0.474. The highest BCUT2D eigenvalue weighted by atomic mass is 79.9. The summed E-state index contributed by atoms with van der Waals surface area (Å²) in [7, 11) is 0. The molecular formula is C14H9BrFNO. The molecule has 0 amide bonds. The monoisotopic (exact) mass is 305 g/mol. The van der Waals surface area contributed by atoms with Crippen LogP contribution in [0, 0.1) is 24.1 Å². The SMILES string of the molecule is Cc1ccc(Oc2ccc(Br)cc2C#N)cc1F. The van der Waals surface area contributed by atoms with Gasteiger partial charge in [0.15, 0.2) is 0 Å². The number of ether oxygens (including phenoxy) is 1. The molecule has 4 heteroatoms. The second-order valence-corrected chi connectivity index (χ2v) is 4.68. The van der Waals surface area contributed by atoms with Crippen LogP contribution < -0.4 is 4.74 Å². The molecule has 2 nitrogen and oxygen atoms in total. The van der Waals surface area contributed by atoms with Crippen molar-refractivity contribution in [2.75, 3.05) is 0 Å². The maximum Gasteiger partial charge on any atom is 0.145 e. The molecule has 0 heterocycles. The molecule has 0 bridgehead atoms. The van der Waals surface area contributed by atoms with E-state index in [1.807, 2.05) is 6.07 Å². The van der Waals surface area contributed by atoms with Gasteiger partial charge in [0, 0.05) is 10.5 Å². The van der Waals surface area contributed by atoms with Gasteiger partial charge in [-0.3, -0.25) is 0 Å². The van der Waals surface area contributed by atoms with Crippen LogP contribution >= 0.6 is 15.9 Å². The molecule has 0 saturated heterocycles. The largest absolute Gasteiger partial charge is 0.456 e. The minimum absolute atomic E-state index is 0.330. The highest BCUT2D eigenvalue weighted by Gasteiger charge is 2.07. The van der Waals surface area contributed by atoms with Crippen molar-refractivity contribution in [1.29, 1.82) is 5.26 Å². The van der Waals surface area contributed by atoms with Gasteiger partial charge >= 0.3 is 0 Å². The van der Waals surface area contributed by atoms with Crippen LogP contribution in [-0.4, -0.2) is 0 Å². The molecule has 0 aliphatic carbocycles.